The molecule has 1 heterocycles. The van der Waals surface area contributed by atoms with Gasteiger partial charge in [-0.15, -0.1) is 0 Å². The van der Waals surface area contributed by atoms with E-state index in [9.17, 15) is 9.18 Å². The minimum Gasteiger partial charge on any atom is -0.384 e. The van der Waals surface area contributed by atoms with Crippen molar-refractivity contribution in [2.24, 2.45) is 0 Å². The van der Waals surface area contributed by atoms with Gasteiger partial charge < -0.3 is 10.6 Å². The van der Waals surface area contributed by atoms with Crippen molar-refractivity contribution in [1.82, 2.24) is 4.98 Å². The van der Waals surface area contributed by atoms with E-state index in [1.54, 1.807) is 19.2 Å². The van der Waals surface area contributed by atoms with Gasteiger partial charge in [0.25, 0.3) is 5.91 Å². The van der Waals surface area contributed by atoms with E-state index in [0.29, 0.717) is 17.1 Å². The van der Waals surface area contributed by atoms with Gasteiger partial charge in [-0.1, -0.05) is 0 Å². The van der Waals surface area contributed by atoms with Crippen LogP contribution in [0.2, 0.25) is 0 Å². The van der Waals surface area contributed by atoms with Crippen LogP contribution in [-0.2, 0) is 0 Å². The molecule has 4 nitrogen and oxygen atoms in total. The van der Waals surface area contributed by atoms with E-state index in [1.165, 1.54) is 35.4 Å². The second kappa shape index (κ2) is 4.83. The number of halogens is 1. The Morgan fingerprint density at radius 3 is 2.44 bits per heavy atom. The van der Waals surface area contributed by atoms with Crippen LogP contribution in [0.1, 0.15) is 10.4 Å². The van der Waals surface area contributed by atoms with Gasteiger partial charge >= 0.3 is 0 Å². The summed E-state index contributed by atoms with van der Waals surface area (Å²) in [6, 6.07) is 8.85. The molecule has 0 aliphatic heterocycles. The third kappa shape index (κ3) is 2.45. The third-order valence-electron chi connectivity index (χ3n) is 2.55. The molecule has 1 aromatic carbocycles. The SMILES string of the molecule is CN(C(=O)c1ccc(N)nc1)c1ccc(F)cc1. The van der Waals surface area contributed by atoms with E-state index in [0.717, 1.165) is 0 Å². The summed E-state index contributed by atoms with van der Waals surface area (Å²) in [6.45, 7) is 0. The number of pyridine rings is 1. The van der Waals surface area contributed by atoms with Crippen LogP contribution in [0.4, 0.5) is 15.9 Å². The topological polar surface area (TPSA) is 59.2 Å². The number of hydrogen-bond donors (Lipinski definition) is 1. The molecule has 2 aromatic rings. The molecule has 0 fully saturated rings. The number of amides is 1. The van der Waals surface area contributed by atoms with Crippen LogP contribution in [0.25, 0.3) is 0 Å². The Balaban J connectivity index is 2.23. The van der Waals surface area contributed by atoms with Gasteiger partial charge in [-0.3, -0.25) is 4.79 Å². The summed E-state index contributed by atoms with van der Waals surface area (Å²) in [4.78, 5) is 17.4. The number of carbonyl (C=O) groups excluding carboxylic acids is 1. The second-order valence-corrected chi connectivity index (χ2v) is 3.81. The van der Waals surface area contributed by atoms with Gasteiger partial charge in [0.1, 0.15) is 11.6 Å². The lowest BCUT2D eigenvalue weighted by atomic mass is 10.2. The molecule has 2 N–H and O–H groups in total. The molecular weight excluding hydrogens is 233 g/mol. The standard InChI is InChI=1S/C13H12FN3O/c1-17(11-5-3-10(14)4-6-11)13(18)9-2-7-12(15)16-8-9/h2-8H,1H3,(H2,15,16). The monoisotopic (exact) mass is 245 g/mol. The fourth-order valence-electron chi connectivity index (χ4n) is 1.51. The summed E-state index contributed by atoms with van der Waals surface area (Å²) in [5, 5.41) is 0. The molecule has 0 unspecified atom stereocenters. The summed E-state index contributed by atoms with van der Waals surface area (Å²) in [5.74, 6) is -0.209. The summed E-state index contributed by atoms with van der Waals surface area (Å²) >= 11 is 0. The Bertz CT molecular complexity index is 551. The molecule has 0 aliphatic rings. The number of nitrogens with two attached hydrogens (primary N) is 1. The quantitative estimate of drug-likeness (QED) is 0.881. The fourth-order valence-corrected chi connectivity index (χ4v) is 1.51. The van der Waals surface area contributed by atoms with Gasteiger partial charge in [0.15, 0.2) is 0 Å². The van der Waals surface area contributed by atoms with Crippen LogP contribution in [-0.4, -0.2) is 17.9 Å². The molecule has 0 spiro atoms. The zero-order chi connectivity index (χ0) is 13.1. The molecule has 1 amide bonds. The minimum absolute atomic E-state index is 0.228. The number of anilines is 2. The van der Waals surface area contributed by atoms with E-state index in [1.807, 2.05) is 0 Å². The fraction of sp³-hybridized carbons (Fsp3) is 0.0769. The Kier molecular flexibility index (Phi) is 3.23. The van der Waals surface area contributed by atoms with Crippen LogP contribution >= 0.6 is 0 Å². The molecule has 0 bridgehead atoms. The average molecular weight is 245 g/mol. The normalized spacial score (nSPS) is 10.1. The molecule has 0 saturated heterocycles. The van der Waals surface area contributed by atoms with E-state index in [-0.39, 0.29) is 11.7 Å². The highest BCUT2D eigenvalue weighted by Gasteiger charge is 2.13. The van der Waals surface area contributed by atoms with Gasteiger partial charge in [-0.2, -0.15) is 0 Å². The molecule has 92 valence electrons. The maximum Gasteiger partial charge on any atom is 0.259 e. The predicted molar refractivity (Wildman–Crippen MR) is 67.8 cm³/mol. The molecular formula is C13H12FN3O. The zero-order valence-corrected chi connectivity index (χ0v) is 9.80. The van der Waals surface area contributed by atoms with Crippen molar-refractivity contribution < 1.29 is 9.18 Å². The lowest BCUT2D eigenvalue weighted by Gasteiger charge is -2.17. The van der Waals surface area contributed by atoms with Crippen LogP contribution in [0.15, 0.2) is 42.6 Å². The Morgan fingerprint density at radius 1 is 1.22 bits per heavy atom. The highest BCUT2D eigenvalue weighted by molar-refractivity contribution is 6.05. The summed E-state index contributed by atoms with van der Waals surface area (Å²) in [7, 11) is 1.62. The van der Waals surface area contributed by atoms with Crippen LogP contribution in [0.5, 0.6) is 0 Å². The number of nitrogen functional groups attached to an aromatic ring is 1. The van der Waals surface area contributed by atoms with Crippen LogP contribution < -0.4 is 10.6 Å². The van der Waals surface area contributed by atoms with Gasteiger partial charge in [0, 0.05) is 18.9 Å². The predicted octanol–water partition coefficient (Wildman–Crippen LogP) is 2.08. The minimum atomic E-state index is -0.339. The first-order valence-electron chi connectivity index (χ1n) is 5.33. The molecule has 0 atom stereocenters. The van der Waals surface area contributed by atoms with E-state index in [4.69, 9.17) is 5.73 Å². The highest BCUT2D eigenvalue weighted by atomic mass is 19.1. The number of benzene rings is 1. The van der Waals surface area contributed by atoms with E-state index >= 15 is 0 Å². The maximum absolute atomic E-state index is 12.8. The number of carbonyl (C=O) groups is 1. The third-order valence-corrected chi connectivity index (χ3v) is 2.55. The largest absolute Gasteiger partial charge is 0.384 e. The first-order valence-corrected chi connectivity index (χ1v) is 5.33. The molecule has 2 rings (SSSR count). The molecule has 0 aliphatic carbocycles. The van der Waals surface area contributed by atoms with E-state index < -0.39 is 0 Å². The Labute approximate surface area is 104 Å². The van der Waals surface area contributed by atoms with Crippen molar-refractivity contribution in [3.63, 3.8) is 0 Å². The van der Waals surface area contributed by atoms with Crippen molar-refractivity contribution in [2.45, 2.75) is 0 Å². The summed E-state index contributed by atoms with van der Waals surface area (Å²) in [6.07, 6.45) is 1.41. The second-order valence-electron chi connectivity index (χ2n) is 3.81. The molecule has 5 heteroatoms. The number of aromatic nitrogens is 1. The highest BCUT2D eigenvalue weighted by Crippen LogP contribution is 2.16. The first kappa shape index (κ1) is 12.0. The van der Waals surface area contributed by atoms with Crippen LogP contribution in [0.3, 0.4) is 0 Å². The Hall–Kier alpha value is -2.43. The number of hydrogen-bond acceptors (Lipinski definition) is 3. The van der Waals surface area contributed by atoms with Crippen molar-refractivity contribution >= 4 is 17.4 Å². The summed E-state index contributed by atoms with van der Waals surface area (Å²) in [5.41, 5.74) is 6.49. The Morgan fingerprint density at radius 2 is 1.89 bits per heavy atom. The van der Waals surface area contributed by atoms with Crippen LogP contribution in [0, 0.1) is 5.82 Å². The molecule has 1 aromatic heterocycles. The van der Waals surface area contributed by atoms with Gasteiger partial charge in [0.05, 0.1) is 5.56 Å². The molecule has 0 radical (unpaired) electrons. The summed E-state index contributed by atoms with van der Waals surface area (Å²) < 4.78 is 12.8. The van der Waals surface area contributed by atoms with Gasteiger partial charge in [-0.05, 0) is 36.4 Å². The van der Waals surface area contributed by atoms with Crippen molar-refractivity contribution in [3.05, 3.63) is 54.0 Å². The van der Waals surface area contributed by atoms with Crippen molar-refractivity contribution in [3.8, 4) is 0 Å². The van der Waals surface area contributed by atoms with Gasteiger partial charge in [-0.25, -0.2) is 9.37 Å². The number of rotatable bonds is 2. The zero-order valence-electron chi connectivity index (χ0n) is 9.80. The average Bonchev–Trinajstić information content (AvgIpc) is 2.39. The van der Waals surface area contributed by atoms with E-state index in [2.05, 4.69) is 4.98 Å². The smallest absolute Gasteiger partial charge is 0.259 e. The maximum atomic E-state index is 12.8. The number of nitrogens with zero attached hydrogens (tertiary/aromatic N) is 2. The lowest BCUT2D eigenvalue weighted by Crippen LogP contribution is -2.26. The van der Waals surface area contributed by atoms with Gasteiger partial charge in [0.2, 0.25) is 0 Å². The lowest BCUT2D eigenvalue weighted by molar-refractivity contribution is 0.0992. The molecule has 0 saturated carbocycles. The molecule has 18 heavy (non-hydrogen) atoms. The van der Waals surface area contributed by atoms with Crippen molar-refractivity contribution in [1.29, 1.82) is 0 Å². The van der Waals surface area contributed by atoms with Crippen molar-refractivity contribution in [2.75, 3.05) is 17.7 Å². The first-order chi connectivity index (χ1) is 8.58.